The number of aryl methyl sites for hydroxylation is 1. The maximum absolute atomic E-state index is 13.5. The van der Waals surface area contributed by atoms with E-state index in [0.717, 1.165) is 27.7 Å². The lowest BCUT2D eigenvalue weighted by Crippen LogP contribution is -2.14. The minimum Gasteiger partial charge on any atom is -0.362 e. The van der Waals surface area contributed by atoms with Crippen LogP contribution in [0.1, 0.15) is 22.5 Å². The van der Waals surface area contributed by atoms with Gasteiger partial charge in [-0.25, -0.2) is 9.97 Å². The summed E-state index contributed by atoms with van der Waals surface area (Å²) in [7, 11) is 0. The van der Waals surface area contributed by atoms with Crippen LogP contribution in [-0.4, -0.2) is 25.8 Å². The second-order valence-corrected chi connectivity index (χ2v) is 8.17. The van der Waals surface area contributed by atoms with Gasteiger partial charge in [-0.05, 0) is 41.6 Å². The molecule has 4 aromatic rings. The van der Waals surface area contributed by atoms with Crippen molar-refractivity contribution in [3.63, 3.8) is 0 Å². The molecule has 3 aromatic heterocycles. The number of benzene rings is 1. The number of anilines is 4. The van der Waals surface area contributed by atoms with Gasteiger partial charge in [0.1, 0.15) is 22.0 Å². The summed E-state index contributed by atoms with van der Waals surface area (Å²) in [6.45, 7) is 1.97. The van der Waals surface area contributed by atoms with Crippen LogP contribution in [0.3, 0.4) is 0 Å². The average Bonchev–Trinajstić information content (AvgIpc) is 3.40. The first kappa shape index (κ1) is 20.2. The van der Waals surface area contributed by atoms with Crippen LogP contribution < -0.4 is 16.0 Å². The van der Waals surface area contributed by atoms with Gasteiger partial charge in [-0.1, -0.05) is 0 Å². The maximum Gasteiger partial charge on any atom is 0.421 e. The Morgan fingerprint density at radius 1 is 1.25 bits per heavy atom. The summed E-state index contributed by atoms with van der Waals surface area (Å²) >= 11 is 1.46. The van der Waals surface area contributed by atoms with E-state index in [2.05, 4.69) is 35.9 Å². The molecule has 0 atom stereocenters. The Balaban J connectivity index is 1.39. The number of fused-ring (bicyclic) bond motifs is 2. The third kappa shape index (κ3) is 3.84. The van der Waals surface area contributed by atoms with Crippen molar-refractivity contribution in [3.05, 3.63) is 52.3 Å². The Kier molecular flexibility index (Phi) is 4.73. The molecule has 0 unspecified atom stereocenters. The number of amides is 1. The fourth-order valence-corrected chi connectivity index (χ4v) is 4.33. The van der Waals surface area contributed by atoms with Crippen molar-refractivity contribution in [2.45, 2.75) is 26.1 Å². The second-order valence-electron chi connectivity index (χ2n) is 7.31. The van der Waals surface area contributed by atoms with E-state index >= 15 is 0 Å². The number of carbonyl (C=O) groups excluding carboxylic acids is 1. The molecule has 4 N–H and O–H groups in total. The molecule has 1 aromatic carbocycles. The van der Waals surface area contributed by atoms with Crippen molar-refractivity contribution in [3.8, 4) is 0 Å². The van der Waals surface area contributed by atoms with Gasteiger partial charge >= 0.3 is 6.18 Å². The summed E-state index contributed by atoms with van der Waals surface area (Å²) in [6.07, 6.45) is -3.65. The standard InChI is InChI=1S/C20H16F3N7OS/c1-9-8-32-18-16(9)28-14(29-18)7-24-17-12(20(21,22)23)6-25-19(30-17)26-11-2-3-13-10(4-11)5-15(31)27-13/h2-4,6,8H,5,7H2,1H3,(H,27,31)(H,28,29)(H2,24,25,26,30). The minimum absolute atomic E-state index is 0.00555. The molecular weight excluding hydrogens is 443 g/mol. The van der Waals surface area contributed by atoms with Crippen molar-refractivity contribution in [1.82, 2.24) is 19.9 Å². The molecule has 0 saturated carbocycles. The fraction of sp³-hybridized carbons (Fsp3) is 0.200. The SMILES string of the molecule is Cc1csc2nc(CNc3nc(Nc4ccc5c(c4)CC(=O)N5)ncc3C(F)(F)F)[nH]c12. The summed E-state index contributed by atoms with van der Waals surface area (Å²) < 4.78 is 40.5. The summed E-state index contributed by atoms with van der Waals surface area (Å²) in [5.74, 6) is 0.0351. The maximum atomic E-state index is 13.5. The molecular formula is C20H16F3N7OS. The number of H-pyrrole nitrogens is 1. The monoisotopic (exact) mass is 459 g/mol. The molecule has 32 heavy (non-hydrogen) atoms. The molecule has 0 spiro atoms. The van der Waals surface area contributed by atoms with Crippen LogP contribution in [0.2, 0.25) is 0 Å². The zero-order valence-corrected chi connectivity index (χ0v) is 17.4. The molecule has 0 radical (unpaired) electrons. The number of alkyl halides is 3. The average molecular weight is 459 g/mol. The lowest BCUT2D eigenvalue weighted by atomic mass is 10.1. The Bertz CT molecular complexity index is 1340. The van der Waals surface area contributed by atoms with E-state index < -0.39 is 11.7 Å². The molecule has 0 saturated heterocycles. The molecule has 1 aliphatic rings. The molecule has 8 nitrogen and oxygen atoms in total. The van der Waals surface area contributed by atoms with Gasteiger partial charge < -0.3 is 20.9 Å². The number of carbonyl (C=O) groups is 1. The lowest BCUT2D eigenvalue weighted by Gasteiger charge is -2.14. The number of aromatic nitrogens is 4. The van der Waals surface area contributed by atoms with Gasteiger partial charge in [0.2, 0.25) is 11.9 Å². The van der Waals surface area contributed by atoms with Crippen LogP contribution in [0, 0.1) is 6.92 Å². The van der Waals surface area contributed by atoms with Crippen molar-refractivity contribution in [2.24, 2.45) is 0 Å². The van der Waals surface area contributed by atoms with Gasteiger partial charge in [0.05, 0.1) is 18.5 Å². The number of thiophene rings is 1. The number of nitrogens with zero attached hydrogens (tertiary/aromatic N) is 3. The number of rotatable bonds is 5. The topological polar surface area (TPSA) is 108 Å². The zero-order valence-electron chi connectivity index (χ0n) is 16.6. The third-order valence-electron chi connectivity index (χ3n) is 4.97. The van der Waals surface area contributed by atoms with E-state index in [1.165, 1.54) is 11.3 Å². The predicted octanol–water partition coefficient (Wildman–Crippen LogP) is 4.59. The Labute approximate surface area is 183 Å². The quantitative estimate of drug-likeness (QED) is 0.348. The first-order valence-corrected chi connectivity index (χ1v) is 10.4. The van der Waals surface area contributed by atoms with E-state index in [-0.39, 0.29) is 30.6 Å². The van der Waals surface area contributed by atoms with E-state index in [0.29, 0.717) is 17.2 Å². The summed E-state index contributed by atoms with van der Waals surface area (Å²) in [6, 6.07) is 5.14. The van der Waals surface area contributed by atoms with Crippen LogP contribution in [0.4, 0.5) is 36.3 Å². The van der Waals surface area contributed by atoms with Crippen LogP contribution in [0.15, 0.2) is 29.8 Å². The number of imidazole rings is 1. The minimum atomic E-state index is -4.62. The van der Waals surface area contributed by atoms with Gasteiger partial charge in [0.25, 0.3) is 0 Å². The molecule has 0 aliphatic carbocycles. The first-order valence-electron chi connectivity index (χ1n) is 9.57. The second kappa shape index (κ2) is 7.48. The van der Waals surface area contributed by atoms with Gasteiger partial charge in [-0.2, -0.15) is 18.2 Å². The van der Waals surface area contributed by atoms with Crippen LogP contribution >= 0.6 is 11.3 Å². The zero-order chi connectivity index (χ0) is 22.5. The summed E-state index contributed by atoms with van der Waals surface area (Å²) in [5.41, 5.74) is 2.99. The molecule has 0 fully saturated rings. The van der Waals surface area contributed by atoms with Crippen molar-refractivity contribution < 1.29 is 18.0 Å². The van der Waals surface area contributed by atoms with Crippen LogP contribution in [0.5, 0.6) is 0 Å². The smallest absolute Gasteiger partial charge is 0.362 e. The third-order valence-corrected chi connectivity index (χ3v) is 5.96. The first-order chi connectivity index (χ1) is 15.3. The van der Waals surface area contributed by atoms with E-state index in [9.17, 15) is 18.0 Å². The summed E-state index contributed by atoms with van der Waals surface area (Å²) in [5, 5.41) is 10.3. The molecule has 0 bridgehead atoms. The van der Waals surface area contributed by atoms with Crippen molar-refractivity contribution in [1.29, 1.82) is 0 Å². The van der Waals surface area contributed by atoms with Crippen LogP contribution in [-0.2, 0) is 23.9 Å². The van der Waals surface area contributed by atoms with Crippen molar-refractivity contribution in [2.75, 3.05) is 16.0 Å². The molecule has 1 aliphatic heterocycles. The van der Waals surface area contributed by atoms with Crippen LogP contribution in [0.25, 0.3) is 10.3 Å². The predicted molar refractivity (Wildman–Crippen MR) is 115 cm³/mol. The largest absolute Gasteiger partial charge is 0.421 e. The molecule has 5 rings (SSSR count). The highest BCUT2D eigenvalue weighted by Gasteiger charge is 2.35. The Morgan fingerprint density at radius 2 is 2.09 bits per heavy atom. The number of nitrogens with one attached hydrogen (secondary N) is 4. The molecule has 1 amide bonds. The van der Waals surface area contributed by atoms with E-state index in [1.54, 1.807) is 18.2 Å². The van der Waals surface area contributed by atoms with Gasteiger partial charge in [0.15, 0.2) is 0 Å². The number of halogens is 3. The molecule has 164 valence electrons. The fourth-order valence-electron chi connectivity index (χ4n) is 3.43. The normalized spacial score (nSPS) is 13.3. The Hall–Kier alpha value is -3.67. The van der Waals surface area contributed by atoms with Gasteiger partial charge in [-0.15, -0.1) is 11.3 Å². The van der Waals surface area contributed by atoms with Gasteiger partial charge in [0, 0.05) is 17.6 Å². The highest BCUT2D eigenvalue weighted by atomic mass is 32.1. The Morgan fingerprint density at radius 3 is 2.88 bits per heavy atom. The molecule has 4 heterocycles. The highest BCUT2D eigenvalue weighted by Crippen LogP contribution is 2.35. The molecule has 12 heteroatoms. The highest BCUT2D eigenvalue weighted by molar-refractivity contribution is 7.16. The van der Waals surface area contributed by atoms with Gasteiger partial charge in [-0.3, -0.25) is 4.79 Å². The van der Waals surface area contributed by atoms with E-state index in [4.69, 9.17) is 0 Å². The van der Waals surface area contributed by atoms with E-state index in [1.807, 2.05) is 12.3 Å². The van der Waals surface area contributed by atoms with Crippen molar-refractivity contribution >= 4 is 50.7 Å². The number of hydrogen-bond donors (Lipinski definition) is 4. The lowest BCUT2D eigenvalue weighted by molar-refractivity contribution is -0.137. The number of aromatic amines is 1. The summed E-state index contributed by atoms with van der Waals surface area (Å²) in [4.78, 5) is 27.7. The number of hydrogen-bond acceptors (Lipinski definition) is 7.